The van der Waals surface area contributed by atoms with Gasteiger partial charge >= 0.3 is 0 Å². The molecule has 0 amide bonds. The molecule has 0 aliphatic heterocycles. The second kappa shape index (κ2) is 6.68. The average molecular weight is 281 g/mol. The van der Waals surface area contributed by atoms with Crippen LogP contribution in [0.15, 0.2) is 6.20 Å². The lowest BCUT2D eigenvalue weighted by atomic mass is 10.1. The molecular formula is C13H23N5O2. The van der Waals surface area contributed by atoms with Crippen LogP contribution in [0.5, 0.6) is 0 Å². The summed E-state index contributed by atoms with van der Waals surface area (Å²) in [6.07, 6.45) is 3.36. The van der Waals surface area contributed by atoms with Crippen LogP contribution in [0.3, 0.4) is 0 Å². The normalized spacial score (nSPS) is 12.2. The fraction of sp³-hybridized carbons (Fsp3) is 0.769. The van der Waals surface area contributed by atoms with Crippen molar-refractivity contribution < 1.29 is 9.47 Å². The van der Waals surface area contributed by atoms with Crippen molar-refractivity contribution in [1.29, 1.82) is 5.26 Å². The molecule has 0 atom stereocenters. The zero-order valence-corrected chi connectivity index (χ0v) is 12.8. The van der Waals surface area contributed by atoms with Gasteiger partial charge in [-0.3, -0.25) is 0 Å². The smallest absolute Gasteiger partial charge is 0.286 e. The average Bonchev–Trinajstić information content (AvgIpc) is 2.81. The summed E-state index contributed by atoms with van der Waals surface area (Å²) in [6, 6.07) is 0. The number of aromatic nitrogens is 3. The summed E-state index contributed by atoms with van der Waals surface area (Å²) in [5.41, 5.74) is 0.179. The van der Waals surface area contributed by atoms with Gasteiger partial charge in [0.25, 0.3) is 6.26 Å². The highest BCUT2D eigenvalue weighted by Gasteiger charge is 2.24. The van der Waals surface area contributed by atoms with Crippen molar-refractivity contribution in [3.63, 3.8) is 0 Å². The summed E-state index contributed by atoms with van der Waals surface area (Å²) in [5.74, 6) is 0. The van der Waals surface area contributed by atoms with E-state index in [1.807, 2.05) is 20.9 Å². The molecule has 0 unspecified atom stereocenters. The van der Waals surface area contributed by atoms with E-state index in [1.165, 1.54) is 0 Å². The Morgan fingerprint density at radius 2 is 2.10 bits per heavy atom. The maximum atomic E-state index is 8.34. The van der Waals surface area contributed by atoms with Crippen molar-refractivity contribution in [3.8, 4) is 6.26 Å². The first kappa shape index (κ1) is 16.4. The molecule has 0 bridgehead atoms. The molecule has 0 aromatic carbocycles. The molecule has 7 nitrogen and oxygen atoms in total. The van der Waals surface area contributed by atoms with Crippen LogP contribution in [0, 0.1) is 11.5 Å². The Balaban J connectivity index is 2.53. The Morgan fingerprint density at radius 3 is 2.70 bits per heavy atom. The predicted octanol–water partition coefficient (Wildman–Crippen LogP) is 1.07. The number of hydrogen-bond acceptors (Lipinski definition) is 6. The Hall–Kier alpha value is -1.65. The van der Waals surface area contributed by atoms with Gasteiger partial charge in [0.2, 0.25) is 0 Å². The SMILES string of the molecule is CNC(C)(C)COC(C)(C)Cn1cc(COC#N)nn1. The Bertz CT molecular complexity index is 462. The van der Waals surface area contributed by atoms with Crippen LogP contribution in [0.1, 0.15) is 33.4 Å². The molecule has 112 valence electrons. The molecule has 0 radical (unpaired) electrons. The van der Waals surface area contributed by atoms with E-state index in [1.54, 1.807) is 17.1 Å². The van der Waals surface area contributed by atoms with E-state index in [9.17, 15) is 0 Å². The Labute approximate surface area is 119 Å². The van der Waals surface area contributed by atoms with Crippen LogP contribution >= 0.6 is 0 Å². The topological polar surface area (TPSA) is 85.0 Å². The number of hydrogen-bond donors (Lipinski definition) is 1. The fourth-order valence-electron chi connectivity index (χ4n) is 1.47. The third-order valence-corrected chi connectivity index (χ3v) is 2.91. The van der Waals surface area contributed by atoms with Gasteiger partial charge in [0.05, 0.1) is 24.9 Å². The van der Waals surface area contributed by atoms with Gasteiger partial charge in [-0.05, 0) is 34.7 Å². The third kappa shape index (κ3) is 5.55. The van der Waals surface area contributed by atoms with Crippen molar-refractivity contribution in [2.75, 3.05) is 13.7 Å². The van der Waals surface area contributed by atoms with E-state index in [0.717, 1.165) is 0 Å². The van der Waals surface area contributed by atoms with Gasteiger partial charge in [-0.1, -0.05) is 5.21 Å². The van der Waals surface area contributed by atoms with E-state index < -0.39 is 0 Å². The summed E-state index contributed by atoms with van der Waals surface area (Å²) in [6.45, 7) is 9.48. The minimum atomic E-state index is -0.366. The lowest BCUT2D eigenvalue weighted by Crippen LogP contribution is -2.44. The molecular weight excluding hydrogens is 258 g/mol. The third-order valence-electron chi connectivity index (χ3n) is 2.91. The van der Waals surface area contributed by atoms with E-state index in [4.69, 9.17) is 10.00 Å². The summed E-state index contributed by atoms with van der Waals surface area (Å²) in [5, 5.41) is 19.5. The first-order chi connectivity index (χ1) is 9.28. The Kier molecular flexibility index (Phi) is 5.48. The summed E-state index contributed by atoms with van der Waals surface area (Å²) < 4.78 is 12.3. The highest BCUT2D eigenvalue weighted by Crippen LogP contribution is 2.15. The number of rotatable bonds is 8. The zero-order valence-electron chi connectivity index (χ0n) is 12.8. The van der Waals surface area contributed by atoms with Crippen molar-refractivity contribution >= 4 is 0 Å². The van der Waals surface area contributed by atoms with Gasteiger partial charge in [-0.15, -0.1) is 5.10 Å². The van der Waals surface area contributed by atoms with E-state index in [-0.39, 0.29) is 17.7 Å². The van der Waals surface area contributed by atoms with Gasteiger partial charge in [-0.25, -0.2) is 4.68 Å². The molecule has 1 heterocycles. The van der Waals surface area contributed by atoms with Crippen LogP contribution in [-0.2, 0) is 22.6 Å². The molecule has 0 spiro atoms. The van der Waals surface area contributed by atoms with E-state index in [2.05, 4.69) is 34.2 Å². The molecule has 1 rings (SSSR count). The highest BCUT2D eigenvalue weighted by atomic mass is 16.5. The molecule has 1 aromatic heterocycles. The minimum Gasteiger partial charge on any atom is -0.421 e. The first-order valence-corrected chi connectivity index (χ1v) is 6.51. The van der Waals surface area contributed by atoms with Crippen LogP contribution in [-0.4, -0.2) is 39.8 Å². The molecule has 0 aliphatic carbocycles. The van der Waals surface area contributed by atoms with Gasteiger partial charge in [0.15, 0.2) is 0 Å². The number of likely N-dealkylation sites (N-methyl/N-ethyl adjacent to an activating group) is 1. The molecule has 1 N–H and O–H groups in total. The molecule has 0 aliphatic rings. The highest BCUT2D eigenvalue weighted by molar-refractivity contribution is 4.91. The second-order valence-electron chi connectivity index (χ2n) is 5.97. The minimum absolute atomic E-state index is 0.0779. The molecule has 0 saturated carbocycles. The number of nitrogens with zero attached hydrogens (tertiary/aromatic N) is 4. The standard InChI is InChI=1S/C13H23N5O2/c1-12(2,15-5)9-20-13(3,4)8-18-6-11(16-17-18)7-19-10-14/h6,15H,7-9H2,1-5H3. The molecule has 0 fully saturated rings. The second-order valence-corrected chi connectivity index (χ2v) is 5.97. The van der Waals surface area contributed by atoms with E-state index >= 15 is 0 Å². The molecule has 7 heteroatoms. The van der Waals surface area contributed by atoms with Crippen molar-refractivity contribution in [2.45, 2.75) is 52.0 Å². The number of ether oxygens (including phenoxy) is 2. The van der Waals surface area contributed by atoms with Gasteiger partial charge in [0.1, 0.15) is 12.3 Å². The van der Waals surface area contributed by atoms with E-state index in [0.29, 0.717) is 18.8 Å². The first-order valence-electron chi connectivity index (χ1n) is 6.51. The molecule has 1 aromatic rings. The number of nitriles is 1. The predicted molar refractivity (Wildman–Crippen MR) is 73.6 cm³/mol. The molecule has 0 saturated heterocycles. The van der Waals surface area contributed by atoms with Gasteiger partial charge in [0, 0.05) is 5.54 Å². The lowest BCUT2D eigenvalue weighted by molar-refractivity contribution is -0.0535. The van der Waals surface area contributed by atoms with Gasteiger partial charge in [-0.2, -0.15) is 5.26 Å². The Morgan fingerprint density at radius 1 is 1.40 bits per heavy atom. The summed E-state index contributed by atoms with van der Waals surface area (Å²) >= 11 is 0. The van der Waals surface area contributed by atoms with Crippen LogP contribution in [0.2, 0.25) is 0 Å². The summed E-state index contributed by atoms with van der Waals surface area (Å²) in [4.78, 5) is 0. The number of nitrogens with one attached hydrogen (secondary N) is 1. The van der Waals surface area contributed by atoms with Crippen molar-refractivity contribution in [2.24, 2.45) is 0 Å². The lowest BCUT2D eigenvalue weighted by Gasteiger charge is -2.31. The quantitative estimate of drug-likeness (QED) is 0.717. The van der Waals surface area contributed by atoms with Crippen LogP contribution in [0.25, 0.3) is 0 Å². The zero-order chi connectivity index (χ0) is 15.2. The van der Waals surface area contributed by atoms with Crippen molar-refractivity contribution in [3.05, 3.63) is 11.9 Å². The van der Waals surface area contributed by atoms with Crippen LogP contribution in [0.4, 0.5) is 0 Å². The fourth-order valence-corrected chi connectivity index (χ4v) is 1.47. The maximum absolute atomic E-state index is 8.34. The maximum Gasteiger partial charge on any atom is 0.286 e. The largest absolute Gasteiger partial charge is 0.421 e. The van der Waals surface area contributed by atoms with Crippen molar-refractivity contribution in [1.82, 2.24) is 20.3 Å². The van der Waals surface area contributed by atoms with Gasteiger partial charge < -0.3 is 14.8 Å². The monoisotopic (exact) mass is 281 g/mol. The van der Waals surface area contributed by atoms with Crippen LogP contribution < -0.4 is 5.32 Å². The summed E-state index contributed by atoms with van der Waals surface area (Å²) in [7, 11) is 1.91. The molecule has 20 heavy (non-hydrogen) atoms.